The van der Waals surface area contributed by atoms with Crippen LogP contribution in [0.5, 0.6) is 5.75 Å². The van der Waals surface area contributed by atoms with Crippen molar-refractivity contribution in [1.29, 1.82) is 0 Å². The van der Waals surface area contributed by atoms with Crippen molar-refractivity contribution < 1.29 is 19.1 Å². The van der Waals surface area contributed by atoms with Gasteiger partial charge in [0.1, 0.15) is 24.1 Å². The molecule has 0 spiro atoms. The molecule has 0 aliphatic carbocycles. The highest BCUT2D eigenvalue weighted by atomic mass is 16.5. The lowest BCUT2D eigenvalue weighted by Crippen LogP contribution is -2.52. The highest BCUT2D eigenvalue weighted by molar-refractivity contribution is 6.09. The van der Waals surface area contributed by atoms with E-state index in [0.717, 1.165) is 11.1 Å². The Kier molecular flexibility index (Phi) is 5.37. The van der Waals surface area contributed by atoms with E-state index >= 15 is 0 Å². The van der Waals surface area contributed by atoms with Crippen LogP contribution >= 0.6 is 0 Å². The van der Waals surface area contributed by atoms with Gasteiger partial charge in [0.05, 0.1) is 5.52 Å². The van der Waals surface area contributed by atoms with E-state index in [0.29, 0.717) is 28.8 Å². The largest absolute Gasteiger partial charge is 0.489 e. The molecule has 0 saturated carbocycles. The average Bonchev–Trinajstić information content (AvgIpc) is 3.19. The monoisotopic (exact) mass is 453 g/mol. The molecule has 0 radical (unpaired) electrons. The molecule has 1 atom stereocenters. The molecule has 34 heavy (non-hydrogen) atoms. The first kappa shape index (κ1) is 21.5. The summed E-state index contributed by atoms with van der Waals surface area (Å²) in [6.45, 7) is 3.20. The van der Waals surface area contributed by atoms with E-state index in [1.807, 2.05) is 66.7 Å². The zero-order valence-electron chi connectivity index (χ0n) is 18.8. The van der Waals surface area contributed by atoms with Crippen LogP contribution in [0.15, 0.2) is 78.9 Å². The molecular weight excluding hydrogens is 430 g/mol. The van der Waals surface area contributed by atoms with Crippen LogP contribution in [0.25, 0.3) is 10.9 Å². The molecule has 2 amide bonds. The van der Waals surface area contributed by atoms with E-state index < -0.39 is 11.9 Å². The molecule has 170 valence electrons. The van der Waals surface area contributed by atoms with E-state index in [2.05, 4.69) is 5.43 Å². The summed E-state index contributed by atoms with van der Waals surface area (Å²) in [5.41, 5.74) is 5.94. The van der Waals surface area contributed by atoms with E-state index in [9.17, 15) is 14.4 Å². The highest BCUT2D eigenvalue weighted by Gasteiger charge is 2.40. The molecule has 3 aromatic carbocycles. The molecule has 1 N–H and O–H groups in total. The molecule has 7 nitrogen and oxygen atoms in total. The van der Waals surface area contributed by atoms with Crippen molar-refractivity contribution in [1.82, 2.24) is 15.0 Å². The van der Waals surface area contributed by atoms with Crippen LogP contribution in [0.2, 0.25) is 0 Å². The fourth-order valence-electron chi connectivity index (χ4n) is 4.52. The van der Waals surface area contributed by atoms with Crippen LogP contribution in [0.4, 0.5) is 0 Å². The van der Waals surface area contributed by atoms with Gasteiger partial charge in [-0.2, -0.15) is 0 Å². The van der Waals surface area contributed by atoms with Gasteiger partial charge in [-0.25, -0.2) is 5.01 Å². The number of hydrazine groups is 1. The highest BCUT2D eigenvalue weighted by Crippen LogP contribution is 2.41. The molecule has 0 bridgehead atoms. The van der Waals surface area contributed by atoms with Gasteiger partial charge >= 0.3 is 0 Å². The number of nitrogens with one attached hydrogen (secondary N) is 1. The predicted molar refractivity (Wildman–Crippen MR) is 127 cm³/mol. The number of fused-ring (bicyclic) bond motifs is 3. The number of benzene rings is 3. The van der Waals surface area contributed by atoms with Crippen LogP contribution in [-0.4, -0.2) is 27.3 Å². The number of nitrogens with zero attached hydrogens (tertiary/aromatic N) is 2. The van der Waals surface area contributed by atoms with Crippen molar-refractivity contribution in [2.24, 2.45) is 0 Å². The molecule has 2 heterocycles. The third kappa shape index (κ3) is 3.61. The number of aromatic nitrogens is 1. The maximum atomic E-state index is 13.2. The summed E-state index contributed by atoms with van der Waals surface area (Å²) >= 11 is 0. The number of carbonyl (C=O) groups excluding carboxylic acids is 3. The van der Waals surface area contributed by atoms with Crippen molar-refractivity contribution in [3.8, 4) is 5.75 Å². The zero-order chi connectivity index (χ0) is 23.8. The fraction of sp³-hybridized carbons (Fsp3) is 0.148. The summed E-state index contributed by atoms with van der Waals surface area (Å²) in [5.74, 6) is -0.502. The second-order valence-corrected chi connectivity index (χ2v) is 8.21. The van der Waals surface area contributed by atoms with Gasteiger partial charge in [0, 0.05) is 24.8 Å². The Balaban J connectivity index is 1.71. The normalized spacial score (nSPS) is 15.1. The van der Waals surface area contributed by atoms with Crippen molar-refractivity contribution in [2.75, 3.05) is 0 Å². The average molecular weight is 453 g/mol. The maximum absolute atomic E-state index is 13.2. The Morgan fingerprint density at radius 3 is 2.24 bits per heavy atom. The summed E-state index contributed by atoms with van der Waals surface area (Å²) in [5, 5.41) is 2.01. The van der Waals surface area contributed by atoms with Gasteiger partial charge in [-0.1, -0.05) is 60.7 Å². The summed E-state index contributed by atoms with van der Waals surface area (Å²) in [7, 11) is 0. The van der Waals surface area contributed by atoms with Crippen LogP contribution in [0, 0.1) is 0 Å². The minimum Gasteiger partial charge on any atom is -0.489 e. The molecule has 5 rings (SSSR count). The van der Waals surface area contributed by atoms with Gasteiger partial charge in [0.25, 0.3) is 5.91 Å². The van der Waals surface area contributed by atoms with Crippen LogP contribution in [0.1, 0.15) is 51.9 Å². The van der Waals surface area contributed by atoms with Crippen molar-refractivity contribution >= 4 is 28.6 Å². The standard InChI is InChI=1S/C27H23N3O4/c1-17(31)29-23-14-13-21(34-16-19-9-5-3-6-10-19)15-22(23)24-25(20-11-7-4-8-12-20)30(18(2)32)28-27(33)26(24)29/h3-15,25H,16H2,1-2H3,(H,28,33). The SMILES string of the molecule is CC(=O)N1NC(=O)c2c(c3cc(OCc4ccccc4)ccc3n2C(C)=O)C1c1ccccc1. The van der Waals surface area contributed by atoms with E-state index in [1.165, 1.54) is 23.4 Å². The molecular formula is C27H23N3O4. The number of amides is 2. The summed E-state index contributed by atoms with van der Waals surface area (Å²) < 4.78 is 7.44. The number of hydrogen-bond donors (Lipinski definition) is 1. The molecule has 7 heteroatoms. The third-order valence-electron chi connectivity index (χ3n) is 5.96. The third-order valence-corrected chi connectivity index (χ3v) is 5.96. The predicted octanol–water partition coefficient (Wildman–Crippen LogP) is 4.48. The lowest BCUT2D eigenvalue weighted by Gasteiger charge is -2.35. The van der Waals surface area contributed by atoms with Gasteiger partial charge in [-0.05, 0) is 29.3 Å². The Hall–Kier alpha value is -4.39. The molecule has 0 fully saturated rings. The van der Waals surface area contributed by atoms with Gasteiger partial charge in [0.2, 0.25) is 11.8 Å². The minimum absolute atomic E-state index is 0.231. The number of hydrogen-bond acceptors (Lipinski definition) is 4. The quantitative estimate of drug-likeness (QED) is 0.494. The van der Waals surface area contributed by atoms with Gasteiger partial charge in [-0.15, -0.1) is 0 Å². The Morgan fingerprint density at radius 2 is 1.59 bits per heavy atom. The molecule has 1 unspecified atom stereocenters. The summed E-state index contributed by atoms with van der Waals surface area (Å²) in [4.78, 5) is 38.4. The summed E-state index contributed by atoms with van der Waals surface area (Å²) in [6.07, 6.45) is 0. The molecule has 1 aromatic heterocycles. The minimum atomic E-state index is -0.598. The Morgan fingerprint density at radius 1 is 0.912 bits per heavy atom. The molecule has 4 aromatic rings. The smallest absolute Gasteiger partial charge is 0.287 e. The molecule has 1 aliphatic heterocycles. The first-order valence-electron chi connectivity index (χ1n) is 11.0. The van der Waals surface area contributed by atoms with E-state index in [1.54, 1.807) is 12.1 Å². The van der Waals surface area contributed by atoms with E-state index in [-0.39, 0.29) is 17.5 Å². The fourth-order valence-corrected chi connectivity index (χ4v) is 4.52. The first-order valence-corrected chi connectivity index (χ1v) is 11.0. The first-order chi connectivity index (χ1) is 16.5. The Labute approximate surface area is 196 Å². The van der Waals surface area contributed by atoms with E-state index in [4.69, 9.17) is 4.74 Å². The van der Waals surface area contributed by atoms with Gasteiger partial charge in [0.15, 0.2) is 0 Å². The number of carbonyl (C=O) groups is 3. The van der Waals surface area contributed by atoms with Crippen LogP contribution in [0.3, 0.4) is 0 Å². The van der Waals surface area contributed by atoms with Crippen molar-refractivity contribution in [3.63, 3.8) is 0 Å². The van der Waals surface area contributed by atoms with Crippen LogP contribution in [-0.2, 0) is 11.4 Å². The molecule has 1 aliphatic rings. The Bertz CT molecular complexity index is 1410. The lowest BCUT2D eigenvalue weighted by atomic mass is 9.93. The number of ether oxygens (including phenoxy) is 1. The van der Waals surface area contributed by atoms with Crippen LogP contribution < -0.4 is 10.2 Å². The zero-order valence-corrected chi connectivity index (χ0v) is 18.8. The topological polar surface area (TPSA) is 80.6 Å². The van der Waals surface area contributed by atoms with Crippen molar-refractivity contribution in [2.45, 2.75) is 26.5 Å². The second kappa shape index (κ2) is 8.51. The second-order valence-electron chi connectivity index (χ2n) is 8.21. The maximum Gasteiger partial charge on any atom is 0.287 e. The number of rotatable bonds is 4. The van der Waals surface area contributed by atoms with Gasteiger partial charge in [-0.3, -0.25) is 24.4 Å². The van der Waals surface area contributed by atoms with Gasteiger partial charge < -0.3 is 4.74 Å². The summed E-state index contributed by atoms with van der Waals surface area (Å²) in [6, 6.07) is 24.0. The molecule has 0 saturated heterocycles. The lowest BCUT2D eigenvalue weighted by molar-refractivity contribution is -0.133. The van der Waals surface area contributed by atoms with Crippen molar-refractivity contribution in [3.05, 3.63) is 101 Å².